The minimum Gasteiger partial charge on any atom is -0.313 e. The summed E-state index contributed by atoms with van der Waals surface area (Å²) < 4.78 is 38.3. The van der Waals surface area contributed by atoms with Crippen molar-refractivity contribution in [3.63, 3.8) is 0 Å². The van der Waals surface area contributed by atoms with E-state index < -0.39 is 11.9 Å². The molecule has 0 aliphatic rings. The van der Waals surface area contributed by atoms with E-state index in [-0.39, 0.29) is 24.5 Å². The molecule has 0 spiro atoms. The van der Waals surface area contributed by atoms with E-state index in [1.165, 1.54) is 17.9 Å². The molecule has 0 aliphatic carbocycles. The number of hydrogen-bond acceptors (Lipinski definition) is 2. The second kappa shape index (κ2) is 5.37. The maximum absolute atomic E-state index is 12.4. The summed E-state index contributed by atoms with van der Waals surface area (Å²) in [6.07, 6.45) is -2.99. The molecule has 1 rings (SSSR count). The van der Waals surface area contributed by atoms with Gasteiger partial charge in [-0.2, -0.15) is 18.3 Å². The lowest BCUT2D eigenvalue weighted by molar-refractivity contribution is -0.142. The van der Waals surface area contributed by atoms with Gasteiger partial charge in [-0.25, -0.2) is 0 Å². The Bertz CT molecular complexity index is 309. The lowest BCUT2D eigenvalue weighted by Gasteiger charge is -2.05. The fraction of sp³-hybridized carbons (Fsp3) is 0.625. The van der Waals surface area contributed by atoms with Crippen LogP contribution < -0.4 is 5.32 Å². The number of halogens is 4. The number of alkyl halides is 3. The molecular weight excluding hydrogens is 231 g/mol. The highest BCUT2D eigenvalue weighted by atomic mass is 35.5. The Morgan fingerprint density at radius 3 is 2.53 bits per heavy atom. The predicted octanol–water partition coefficient (Wildman–Crippen LogP) is 1.97. The molecule has 0 radical (unpaired) electrons. The van der Waals surface area contributed by atoms with Crippen molar-refractivity contribution in [1.29, 1.82) is 0 Å². The monoisotopic (exact) mass is 243 g/mol. The molecule has 0 aliphatic heterocycles. The Labute approximate surface area is 92.1 Å². The third kappa shape index (κ3) is 3.71. The van der Waals surface area contributed by atoms with E-state index in [4.69, 9.17) is 0 Å². The van der Waals surface area contributed by atoms with Gasteiger partial charge < -0.3 is 5.32 Å². The summed E-state index contributed by atoms with van der Waals surface area (Å²) in [4.78, 5) is 0. The zero-order valence-electron chi connectivity index (χ0n) is 8.43. The molecule has 0 unspecified atom stereocenters. The Morgan fingerprint density at radius 2 is 2.07 bits per heavy atom. The minimum atomic E-state index is -4.37. The Kier molecular flexibility index (Phi) is 5.10. The van der Waals surface area contributed by atoms with Gasteiger partial charge in [0.15, 0.2) is 5.69 Å². The van der Waals surface area contributed by atoms with Crippen LogP contribution in [0.15, 0.2) is 6.20 Å². The van der Waals surface area contributed by atoms with Crippen molar-refractivity contribution in [3.05, 3.63) is 17.5 Å². The van der Waals surface area contributed by atoms with Crippen LogP contribution in [0.25, 0.3) is 0 Å². The molecule has 1 aromatic rings. The summed E-state index contributed by atoms with van der Waals surface area (Å²) in [5.74, 6) is 0. The van der Waals surface area contributed by atoms with Crippen LogP contribution in [0.4, 0.5) is 13.2 Å². The first-order chi connectivity index (χ1) is 6.45. The number of rotatable bonds is 3. The molecule has 3 nitrogen and oxygen atoms in total. The largest absolute Gasteiger partial charge is 0.435 e. The van der Waals surface area contributed by atoms with E-state index in [0.717, 1.165) is 0 Å². The molecule has 0 saturated heterocycles. The first-order valence-corrected chi connectivity index (χ1v) is 4.25. The standard InChI is InChI=1S/C8H12F3N3.ClH/c1-3-12-4-6-5-14(2)13-7(6)8(9,10)11;/h5,12H,3-4H2,1-2H3;1H. The lowest BCUT2D eigenvalue weighted by Crippen LogP contribution is -2.16. The molecule has 0 atom stereocenters. The smallest absolute Gasteiger partial charge is 0.313 e. The lowest BCUT2D eigenvalue weighted by atomic mass is 10.2. The number of hydrogen-bond donors (Lipinski definition) is 1. The zero-order valence-corrected chi connectivity index (χ0v) is 9.24. The van der Waals surface area contributed by atoms with Gasteiger partial charge in [0.2, 0.25) is 0 Å². The molecule has 0 saturated carbocycles. The molecule has 15 heavy (non-hydrogen) atoms. The Morgan fingerprint density at radius 1 is 1.47 bits per heavy atom. The van der Waals surface area contributed by atoms with Crippen LogP contribution in [-0.2, 0) is 19.8 Å². The van der Waals surface area contributed by atoms with Gasteiger partial charge in [0.1, 0.15) is 0 Å². The van der Waals surface area contributed by atoms with Crippen LogP contribution in [0.3, 0.4) is 0 Å². The molecule has 0 bridgehead atoms. The molecule has 0 aromatic carbocycles. The molecule has 0 amide bonds. The summed E-state index contributed by atoms with van der Waals surface area (Å²) in [5.41, 5.74) is -0.622. The van der Waals surface area contributed by atoms with Gasteiger partial charge in [0.25, 0.3) is 0 Å². The Balaban J connectivity index is 0.00000196. The van der Waals surface area contributed by atoms with Gasteiger partial charge in [-0.3, -0.25) is 4.68 Å². The van der Waals surface area contributed by atoms with Gasteiger partial charge in [-0.15, -0.1) is 12.4 Å². The molecule has 7 heteroatoms. The fourth-order valence-electron chi connectivity index (χ4n) is 1.17. The topological polar surface area (TPSA) is 29.9 Å². The SMILES string of the molecule is CCNCc1cn(C)nc1C(F)(F)F.Cl. The first kappa shape index (κ1) is 14.2. The minimum absolute atomic E-state index is 0. The zero-order chi connectivity index (χ0) is 10.8. The van der Waals surface area contributed by atoms with Crippen molar-refractivity contribution < 1.29 is 13.2 Å². The number of nitrogens with zero attached hydrogens (tertiary/aromatic N) is 2. The van der Waals surface area contributed by atoms with Crippen molar-refractivity contribution >= 4 is 12.4 Å². The molecule has 1 N–H and O–H groups in total. The summed E-state index contributed by atoms with van der Waals surface area (Å²) in [6, 6.07) is 0. The van der Waals surface area contributed by atoms with Crippen LogP contribution >= 0.6 is 12.4 Å². The van der Waals surface area contributed by atoms with Crippen LogP contribution in [0.1, 0.15) is 18.2 Å². The van der Waals surface area contributed by atoms with Gasteiger partial charge >= 0.3 is 6.18 Å². The van der Waals surface area contributed by atoms with Crippen molar-refractivity contribution in [2.24, 2.45) is 7.05 Å². The summed E-state index contributed by atoms with van der Waals surface area (Å²) in [6.45, 7) is 2.66. The second-order valence-corrected chi connectivity index (χ2v) is 2.95. The quantitative estimate of drug-likeness (QED) is 0.880. The van der Waals surface area contributed by atoms with Crippen molar-refractivity contribution in [1.82, 2.24) is 15.1 Å². The van der Waals surface area contributed by atoms with E-state index in [1.54, 1.807) is 0 Å². The molecule has 88 valence electrons. The maximum atomic E-state index is 12.4. The van der Waals surface area contributed by atoms with Gasteiger partial charge in [-0.05, 0) is 6.54 Å². The summed E-state index contributed by atoms with van der Waals surface area (Å²) in [7, 11) is 1.48. The Hall–Kier alpha value is -0.750. The van der Waals surface area contributed by atoms with E-state index >= 15 is 0 Å². The van der Waals surface area contributed by atoms with Gasteiger partial charge in [-0.1, -0.05) is 6.92 Å². The predicted molar refractivity (Wildman–Crippen MR) is 52.8 cm³/mol. The number of nitrogens with one attached hydrogen (secondary N) is 1. The fourth-order valence-corrected chi connectivity index (χ4v) is 1.17. The molecule has 1 aromatic heterocycles. The van der Waals surface area contributed by atoms with Crippen molar-refractivity contribution in [2.45, 2.75) is 19.6 Å². The average Bonchev–Trinajstić information content (AvgIpc) is 2.42. The van der Waals surface area contributed by atoms with E-state index in [0.29, 0.717) is 6.54 Å². The van der Waals surface area contributed by atoms with E-state index in [2.05, 4.69) is 10.4 Å². The van der Waals surface area contributed by atoms with Gasteiger partial charge in [0, 0.05) is 25.4 Å². The van der Waals surface area contributed by atoms with Gasteiger partial charge in [0.05, 0.1) is 0 Å². The van der Waals surface area contributed by atoms with Crippen LogP contribution in [0, 0.1) is 0 Å². The van der Waals surface area contributed by atoms with Crippen LogP contribution in [-0.4, -0.2) is 16.3 Å². The highest BCUT2D eigenvalue weighted by molar-refractivity contribution is 5.85. The molecule has 1 heterocycles. The highest BCUT2D eigenvalue weighted by Gasteiger charge is 2.36. The first-order valence-electron chi connectivity index (χ1n) is 4.25. The maximum Gasteiger partial charge on any atom is 0.435 e. The third-order valence-electron chi connectivity index (χ3n) is 1.74. The van der Waals surface area contributed by atoms with E-state index in [1.807, 2.05) is 6.92 Å². The number of aryl methyl sites for hydroxylation is 1. The molecular formula is C8H13ClF3N3. The normalized spacial score (nSPS) is 11.3. The summed E-state index contributed by atoms with van der Waals surface area (Å²) in [5, 5.41) is 6.22. The second-order valence-electron chi connectivity index (χ2n) is 2.95. The van der Waals surface area contributed by atoms with Crippen molar-refractivity contribution in [3.8, 4) is 0 Å². The third-order valence-corrected chi connectivity index (χ3v) is 1.74. The number of aromatic nitrogens is 2. The molecule has 0 fully saturated rings. The summed E-state index contributed by atoms with van der Waals surface area (Å²) >= 11 is 0. The van der Waals surface area contributed by atoms with Crippen LogP contribution in [0.5, 0.6) is 0 Å². The van der Waals surface area contributed by atoms with Crippen LogP contribution in [0.2, 0.25) is 0 Å². The van der Waals surface area contributed by atoms with Crippen molar-refractivity contribution in [2.75, 3.05) is 6.54 Å². The highest BCUT2D eigenvalue weighted by Crippen LogP contribution is 2.30. The van der Waals surface area contributed by atoms with E-state index in [9.17, 15) is 13.2 Å². The average molecular weight is 244 g/mol.